The van der Waals surface area contributed by atoms with Gasteiger partial charge in [-0.15, -0.1) is 13.2 Å². The summed E-state index contributed by atoms with van der Waals surface area (Å²) in [6.45, 7) is 9.46. The average Bonchev–Trinajstić information content (AvgIpc) is 3.53. The van der Waals surface area contributed by atoms with E-state index in [4.69, 9.17) is 9.47 Å². The summed E-state index contributed by atoms with van der Waals surface area (Å²) in [5.74, 6) is -1.67. The molecule has 1 aromatic rings. The third-order valence-corrected chi connectivity index (χ3v) is 7.74. The van der Waals surface area contributed by atoms with E-state index >= 15 is 0 Å². The molecule has 36 heavy (non-hydrogen) atoms. The number of methoxy groups -OCH3 is 1. The van der Waals surface area contributed by atoms with Gasteiger partial charge in [-0.1, -0.05) is 12.2 Å². The predicted molar refractivity (Wildman–Crippen MR) is 134 cm³/mol. The van der Waals surface area contributed by atoms with Crippen molar-refractivity contribution in [2.75, 3.05) is 38.8 Å². The summed E-state index contributed by atoms with van der Waals surface area (Å²) in [7, 11) is 3.24. The van der Waals surface area contributed by atoms with E-state index in [1.54, 1.807) is 67.3 Å². The number of aliphatic hydroxyl groups excluding tert-OH is 1. The Labute approximate surface area is 211 Å². The molecule has 0 radical (unpaired) electrons. The zero-order valence-electron chi connectivity index (χ0n) is 21.1. The van der Waals surface area contributed by atoms with E-state index in [2.05, 4.69) is 13.2 Å². The number of rotatable bonds is 10. The number of fused-ring (bicyclic) bond motifs is 1. The third-order valence-electron chi connectivity index (χ3n) is 7.74. The van der Waals surface area contributed by atoms with Crippen LogP contribution in [0.3, 0.4) is 0 Å². The normalized spacial score (nSPS) is 29.0. The Kier molecular flexibility index (Phi) is 7.24. The molecule has 3 amide bonds. The highest BCUT2D eigenvalue weighted by Crippen LogP contribution is 2.59. The van der Waals surface area contributed by atoms with Crippen molar-refractivity contribution in [1.29, 1.82) is 0 Å². The number of hydrogen-bond donors (Lipinski definition) is 1. The maximum atomic E-state index is 14.3. The van der Waals surface area contributed by atoms with Gasteiger partial charge < -0.3 is 29.3 Å². The molecule has 1 N–H and O–H groups in total. The molecule has 9 nitrogen and oxygen atoms in total. The fourth-order valence-corrected chi connectivity index (χ4v) is 6.11. The van der Waals surface area contributed by atoms with E-state index in [0.29, 0.717) is 30.8 Å². The molecule has 0 aromatic heterocycles. The number of anilines is 1. The average molecular weight is 498 g/mol. The van der Waals surface area contributed by atoms with Crippen molar-refractivity contribution >= 4 is 23.4 Å². The Bertz CT molecular complexity index is 1040. The zero-order valence-corrected chi connectivity index (χ0v) is 21.1. The summed E-state index contributed by atoms with van der Waals surface area (Å²) in [6, 6.07) is 5.46. The highest BCUT2D eigenvalue weighted by molar-refractivity contribution is 6.05. The van der Waals surface area contributed by atoms with Gasteiger partial charge in [0, 0.05) is 25.8 Å². The summed E-state index contributed by atoms with van der Waals surface area (Å²) in [4.78, 5) is 46.2. The number of aliphatic hydroxyl groups is 1. The fourth-order valence-electron chi connectivity index (χ4n) is 6.11. The molecular weight excluding hydrogens is 462 g/mol. The number of ether oxygens (including phenoxy) is 2. The van der Waals surface area contributed by atoms with Gasteiger partial charge in [0.1, 0.15) is 17.4 Å². The lowest BCUT2D eigenvalue weighted by Gasteiger charge is -2.38. The van der Waals surface area contributed by atoms with Crippen molar-refractivity contribution in [3.8, 4) is 5.75 Å². The van der Waals surface area contributed by atoms with Crippen LogP contribution in [0.2, 0.25) is 0 Å². The first-order chi connectivity index (χ1) is 17.2. The quantitative estimate of drug-likeness (QED) is 0.493. The highest BCUT2D eigenvalue weighted by Gasteiger charge is 2.75. The fraction of sp³-hybridized carbons (Fsp3) is 0.519. The van der Waals surface area contributed by atoms with E-state index in [-0.39, 0.29) is 30.9 Å². The predicted octanol–water partition coefficient (Wildman–Crippen LogP) is 1.61. The molecule has 9 heteroatoms. The van der Waals surface area contributed by atoms with E-state index in [0.717, 1.165) is 0 Å². The molecular formula is C27H35N3O6. The van der Waals surface area contributed by atoms with E-state index in [1.807, 2.05) is 0 Å². The topological polar surface area (TPSA) is 99.6 Å². The first-order valence-corrected chi connectivity index (χ1v) is 12.3. The van der Waals surface area contributed by atoms with Gasteiger partial charge in [0.2, 0.25) is 11.8 Å². The number of hydrogen-bond acceptors (Lipinski definition) is 6. The molecule has 6 atom stereocenters. The SMILES string of the molecule is C=CCN(C)C(=O)[C@@H]1[C@H]2C(=O)N([C@H](C)CO)C(C(=O)N(CC=C)c3ccc(OC)cc3)C23CC[C@H]1O3. The number of carbonyl (C=O) groups is 3. The Balaban J connectivity index is 1.77. The van der Waals surface area contributed by atoms with Crippen molar-refractivity contribution in [3.63, 3.8) is 0 Å². The van der Waals surface area contributed by atoms with Crippen LogP contribution in [-0.4, -0.2) is 90.3 Å². The molecule has 3 heterocycles. The van der Waals surface area contributed by atoms with Crippen LogP contribution in [-0.2, 0) is 19.1 Å². The summed E-state index contributed by atoms with van der Waals surface area (Å²) < 4.78 is 11.7. The Hall–Kier alpha value is -3.17. The molecule has 1 spiro atoms. The van der Waals surface area contributed by atoms with Gasteiger partial charge in [-0.2, -0.15) is 0 Å². The van der Waals surface area contributed by atoms with Gasteiger partial charge in [-0.25, -0.2) is 0 Å². The Morgan fingerprint density at radius 3 is 2.50 bits per heavy atom. The molecule has 3 aliphatic rings. The highest BCUT2D eigenvalue weighted by atomic mass is 16.5. The van der Waals surface area contributed by atoms with Crippen molar-refractivity contribution in [3.05, 3.63) is 49.6 Å². The van der Waals surface area contributed by atoms with E-state index < -0.39 is 35.6 Å². The second-order valence-electron chi connectivity index (χ2n) is 9.78. The lowest BCUT2D eigenvalue weighted by atomic mass is 9.70. The lowest BCUT2D eigenvalue weighted by Crippen LogP contribution is -2.58. The molecule has 1 aromatic carbocycles. The van der Waals surface area contributed by atoms with Crippen LogP contribution < -0.4 is 9.64 Å². The van der Waals surface area contributed by atoms with Crippen molar-refractivity contribution in [1.82, 2.24) is 9.80 Å². The number of carbonyl (C=O) groups excluding carboxylic acids is 3. The van der Waals surface area contributed by atoms with Gasteiger partial charge in [0.05, 0.1) is 37.7 Å². The molecule has 3 fully saturated rings. The van der Waals surface area contributed by atoms with Crippen molar-refractivity contribution in [2.24, 2.45) is 11.8 Å². The van der Waals surface area contributed by atoms with E-state index in [9.17, 15) is 19.5 Å². The smallest absolute Gasteiger partial charge is 0.253 e. The first-order valence-electron chi connectivity index (χ1n) is 12.3. The molecule has 2 bridgehead atoms. The van der Waals surface area contributed by atoms with Crippen LogP contribution in [0, 0.1) is 11.8 Å². The molecule has 4 rings (SSSR count). The van der Waals surface area contributed by atoms with Crippen LogP contribution in [0.4, 0.5) is 5.69 Å². The van der Waals surface area contributed by atoms with Gasteiger partial charge in [-0.3, -0.25) is 14.4 Å². The number of likely N-dealkylation sites (N-methyl/N-ethyl adjacent to an activating group) is 1. The van der Waals surface area contributed by atoms with Crippen LogP contribution in [0.1, 0.15) is 19.8 Å². The van der Waals surface area contributed by atoms with Crippen LogP contribution in [0.25, 0.3) is 0 Å². The molecule has 194 valence electrons. The second kappa shape index (κ2) is 10.1. The monoisotopic (exact) mass is 497 g/mol. The van der Waals surface area contributed by atoms with Crippen LogP contribution in [0.5, 0.6) is 5.75 Å². The molecule has 3 saturated heterocycles. The van der Waals surface area contributed by atoms with Gasteiger partial charge in [0.25, 0.3) is 5.91 Å². The second-order valence-corrected chi connectivity index (χ2v) is 9.78. The van der Waals surface area contributed by atoms with E-state index in [1.165, 1.54) is 4.90 Å². The molecule has 2 unspecified atom stereocenters. The van der Waals surface area contributed by atoms with Gasteiger partial charge >= 0.3 is 0 Å². The third kappa shape index (κ3) is 3.90. The minimum atomic E-state index is -1.14. The van der Waals surface area contributed by atoms with Gasteiger partial charge in [0.15, 0.2) is 0 Å². The molecule has 3 aliphatic heterocycles. The number of benzene rings is 1. The van der Waals surface area contributed by atoms with Crippen molar-refractivity contribution in [2.45, 2.75) is 43.6 Å². The Morgan fingerprint density at radius 1 is 1.25 bits per heavy atom. The summed E-state index contributed by atoms with van der Waals surface area (Å²) in [5, 5.41) is 10.0. The lowest BCUT2D eigenvalue weighted by molar-refractivity contribution is -0.146. The minimum absolute atomic E-state index is 0.192. The molecule has 0 aliphatic carbocycles. The summed E-state index contributed by atoms with van der Waals surface area (Å²) >= 11 is 0. The van der Waals surface area contributed by atoms with Crippen molar-refractivity contribution < 1.29 is 29.0 Å². The number of likely N-dealkylation sites (tertiary alicyclic amines) is 1. The summed E-state index contributed by atoms with van der Waals surface area (Å²) in [5.41, 5.74) is -0.515. The zero-order chi connectivity index (χ0) is 26.2. The maximum absolute atomic E-state index is 14.3. The van der Waals surface area contributed by atoms with Crippen LogP contribution >= 0.6 is 0 Å². The van der Waals surface area contributed by atoms with Crippen LogP contribution in [0.15, 0.2) is 49.6 Å². The number of nitrogens with zero attached hydrogens (tertiary/aromatic N) is 3. The maximum Gasteiger partial charge on any atom is 0.253 e. The Morgan fingerprint density at radius 2 is 1.92 bits per heavy atom. The minimum Gasteiger partial charge on any atom is -0.497 e. The first kappa shape index (κ1) is 25.9. The standard InChI is InChI=1S/C27H35N3O6/c1-6-14-28(4)24(32)21-20-12-13-27(36-20)22(21)25(33)30(17(3)16-31)23(27)26(34)29(15-7-2)18-8-10-19(35-5)11-9-18/h6-11,17,20-23,31H,1-2,12-16H2,3-5H3/t17-,20-,21+,22+,23?,27?/m1/s1. The summed E-state index contributed by atoms with van der Waals surface area (Å²) in [6.07, 6.45) is 3.88. The van der Waals surface area contributed by atoms with Gasteiger partial charge in [-0.05, 0) is 44.0 Å². The largest absolute Gasteiger partial charge is 0.497 e. The number of amides is 3. The molecule has 0 saturated carbocycles.